The number of hydrogen-bond acceptors (Lipinski definition) is 10. The molecule has 1 aromatic heterocycles. The van der Waals surface area contributed by atoms with Crippen LogP contribution < -0.4 is 15.2 Å². The Hall–Kier alpha value is -5.22. The summed E-state index contributed by atoms with van der Waals surface area (Å²) in [6.07, 6.45) is 6.52. The molecule has 330 valence electrons. The zero-order valence-electron chi connectivity index (χ0n) is 35.7. The average Bonchev–Trinajstić information content (AvgIpc) is 3.28. The minimum atomic E-state index is -3.62. The molecule has 0 radical (unpaired) electrons. The molecule has 0 spiro atoms. The molecule has 14 nitrogen and oxygen atoms in total. The van der Waals surface area contributed by atoms with Crippen molar-refractivity contribution in [3.8, 4) is 0 Å². The SMILES string of the molecule is C=CS(=O)(=O)N1CCCc2cc(C(=O)CCCCC(Cc3ccccc3)C(=O)N3CCC(O)(Cn4cnc5cc(NC(=O)CCN6CCN(C)CC6)ccc5c4=O)CC3)ccc21. The van der Waals surface area contributed by atoms with Gasteiger partial charge in [0.1, 0.15) is 0 Å². The summed E-state index contributed by atoms with van der Waals surface area (Å²) in [6, 6.07) is 20.2. The Balaban J connectivity index is 0.918. The molecule has 3 aliphatic rings. The number of piperidine rings is 1. The number of likely N-dealkylation sites (N-methyl/N-ethyl adjacent to an activating group) is 1. The highest BCUT2D eigenvalue weighted by molar-refractivity contribution is 7.95. The number of ketones is 1. The predicted molar refractivity (Wildman–Crippen MR) is 242 cm³/mol. The Morgan fingerprint density at radius 3 is 2.44 bits per heavy atom. The molecule has 3 aromatic carbocycles. The van der Waals surface area contributed by atoms with Gasteiger partial charge in [0.25, 0.3) is 15.6 Å². The van der Waals surface area contributed by atoms with E-state index in [9.17, 15) is 32.7 Å². The van der Waals surface area contributed by atoms with Crippen LogP contribution in [0.4, 0.5) is 11.4 Å². The summed E-state index contributed by atoms with van der Waals surface area (Å²) in [6.45, 7) is 9.12. The highest BCUT2D eigenvalue weighted by Gasteiger charge is 2.36. The first-order chi connectivity index (χ1) is 29.8. The van der Waals surface area contributed by atoms with Gasteiger partial charge < -0.3 is 25.1 Å². The van der Waals surface area contributed by atoms with Gasteiger partial charge in [0, 0.05) is 87.8 Å². The van der Waals surface area contributed by atoms with Gasteiger partial charge in [-0.3, -0.25) is 28.1 Å². The Labute approximate surface area is 364 Å². The molecular weight excluding hydrogens is 807 g/mol. The average molecular weight is 866 g/mol. The molecule has 0 saturated carbocycles. The molecule has 62 heavy (non-hydrogen) atoms. The number of aliphatic hydroxyl groups is 1. The number of nitrogens with one attached hydrogen (secondary N) is 1. The highest BCUT2D eigenvalue weighted by Crippen LogP contribution is 2.32. The Bertz CT molecular complexity index is 2420. The monoisotopic (exact) mass is 865 g/mol. The number of benzene rings is 3. The minimum absolute atomic E-state index is 0.0145. The van der Waals surface area contributed by atoms with E-state index >= 15 is 0 Å². The van der Waals surface area contributed by atoms with Crippen LogP contribution >= 0.6 is 0 Å². The molecule has 1 atom stereocenters. The number of carbonyl (C=O) groups is 3. The van der Waals surface area contributed by atoms with Gasteiger partial charge in [-0.1, -0.05) is 43.3 Å². The number of aromatic nitrogens is 2. The van der Waals surface area contributed by atoms with E-state index in [1.165, 1.54) is 15.2 Å². The molecule has 7 rings (SSSR count). The Kier molecular flexibility index (Phi) is 14.4. The molecular formula is C47H59N7O7S. The van der Waals surface area contributed by atoms with E-state index in [4.69, 9.17) is 0 Å². The summed E-state index contributed by atoms with van der Waals surface area (Å²) in [5.41, 5.74) is 2.57. The number of likely N-dealkylation sites (tertiary alicyclic amines) is 1. The number of carbonyl (C=O) groups excluding carboxylic acids is 3. The molecule has 4 aromatic rings. The largest absolute Gasteiger partial charge is 0.388 e. The van der Waals surface area contributed by atoms with Crippen LogP contribution in [0.5, 0.6) is 0 Å². The third kappa shape index (κ3) is 11.0. The van der Waals surface area contributed by atoms with Crippen molar-refractivity contribution in [3.05, 3.63) is 112 Å². The molecule has 1 unspecified atom stereocenters. The van der Waals surface area contributed by atoms with Crippen LogP contribution in [-0.4, -0.2) is 120 Å². The molecule has 2 N–H and O–H groups in total. The topological polar surface area (TPSA) is 165 Å². The Morgan fingerprint density at radius 1 is 0.935 bits per heavy atom. The third-order valence-electron chi connectivity index (χ3n) is 12.7. The lowest BCUT2D eigenvalue weighted by molar-refractivity contribution is -0.140. The summed E-state index contributed by atoms with van der Waals surface area (Å²) in [4.78, 5) is 64.6. The molecule has 2 saturated heterocycles. The molecule has 2 amide bonds. The maximum atomic E-state index is 14.1. The number of Topliss-reactive ketones (excluding diaryl/α,β-unsaturated/α-hetero) is 1. The summed E-state index contributed by atoms with van der Waals surface area (Å²) in [5, 5.41) is 16.0. The predicted octanol–water partition coefficient (Wildman–Crippen LogP) is 4.85. The Morgan fingerprint density at radius 2 is 1.69 bits per heavy atom. The van der Waals surface area contributed by atoms with Crippen molar-refractivity contribution in [2.75, 3.05) is 69.0 Å². The van der Waals surface area contributed by atoms with E-state index in [1.807, 2.05) is 41.3 Å². The molecule has 0 aliphatic carbocycles. The van der Waals surface area contributed by atoms with Crippen molar-refractivity contribution in [3.63, 3.8) is 0 Å². The lowest BCUT2D eigenvalue weighted by Crippen LogP contribution is -2.51. The smallest absolute Gasteiger partial charge is 0.261 e. The van der Waals surface area contributed by atoms with Gasteiger partial charge in [0.15, 0.2) is 5.78 Å². The van der Waals surface area contributed by atoms with Crippen LogP contribution in [0.2, 0.25) is 0 Å². The van der Waals surface area contributed by atoms with Gasteiger partial charge in [-0.25, -0.2) is 13.4 Å². The van der Waals surface area contributed by atoms with Crippen molar-refractivity contribution in [2.24, 2.45) is 5.92 Å². The first kappa shape index (κ1) is 44.8. The van der Waals surface area contributed by atoms with E-state index in [0.717, 1.165) is 42.7 Å². The van der Waals surface area contributed by atoms with E-state index in [2.05, 4.69) is 33.7 Å². The van der Waals surface area contributed by atoms with Crippen molar-refractivity contribution >= 4 is 49.9 Å². The van der Waals surface area contributed by atoms with Gasteiger partial charge >= 0.3 is 0 Å². The maximum Gasteiger partial charge on any atom is 0.261 e. The second-order valence-electron chi connectivity index (χ2n) is 17.2. The van der Waals surface area contributed by atoms with Gasteiger partial charge in [0.05, 0.1) is 35.1 Å². The zero-order chi connectivity index (χ0) is 43.9. The van der Waals surface area contributed by atoms with Crippen molar-refractivity contribution < 1.29 is 27.9 Å². The van der Waals surface area contributed by atoms with Crippen molar-refractivity contribution in [1.82, 2.24) is 24.3 Å². The number of amides is 2. The summed E-state index contributed by atoms with van der Waals surface area (Å²) >= 11 is 0. The first-order valence-corrected chi connectivity index (χ1v) is 23.4. The number of anilines is 2. The number of hydrogen-bond donors (Lipinski definition) is 2. The molecule has 3 aliphatic heterocycles. The van der Waals surface area contributed by atoms with Crippen LogP contribution in [0.15, 0.2) is 89.8 Å². The van der Waals surface area contributed by atoms with E-state index in [0.29, 0.717) is 118 Å². The third-order valence-corrected chi connectivity index (χ3v) is 14.1. The number of unbranched alkanes of at least 4 members (excludes halogenated alkanes) is 1. The van der Waals surface area contributed by atoms with E-state index in [1.54, 1.807) is 30.3 Å². The first-order valence-electron chi connectivity index (χ1n) is 21.9. The molecule has 15 heteroatoms. The van der Waals surface area contributed by atoms with Crippen LogP contribution in [0, 0.1) is 5.92 Å². The zero-order valence-corrected chi connectivity index (χ0v) is 36.5. The number of fused-ring (bicyclic) bond motifs is 2. The molecule has 2 fully saturated rings. The van der Waals surface area contributed by atoms with Gasteiger partial charge in [-0.15, -0.1) is 0 Å². The second kappa shape index (κ2) is 19.9. The van der Waals surface area contributed by atoms with Crippen molar-refractivity contribution in [1.29, 1.82) is 0 Å². The standard InChI is InChI=1S/C47H59N7O7S/c1-3-62(60,61)54-22-9-13-36-31-37(15-18-42(36)54)43(55)14-8-7-12-38(30-35-10-5-4-6-11-35)45(57)52-24-20-47(59,21-25-52)33-53-34-48-41-32-39(16-17-40(41)46(53)58)49-44(56)19-23-51-28-26-50(2)27-29-51/h3-6,10-11,15-18,31-32,34,38,59H,1,7-9,12-14,19-30,33H2,2H3,(H,49,56). The number of sulfonamides is 1. The maximum absolute atomic E-state index is 14.1. The van der Waals surface area contributed by atoms with Crippen LogP contribution in [0.3, 0.4) is 0 Å². The lowest BCUT2D eigenvalue weighted by Gasteiger charge is -2.39. The van der Waals surface area contributed by atoms with E-state index < -0.39 is 15.6 Å². The van der Waals surface area contributed by atoms with Gasteiger partial charge in [-0.2, -0.15) is 0 Å². The van der Waals surface area contributed by atoms with Crippen LogP contribution in [-0.2, 0) is 39.0 Å². The summed E-state index contributed by atoms with van der Waals surface area (Å²) in [7, 11) is -1.52. The number of nitrogens with zero attached hydrogens (tertiary/aromatic N) is 6. The van der Waals surface area contributed by atoms with Crippen LogP contribution in [0.25, 0.3) is 10.9 Å². The van der Waals surface area contributed by atoms with Gasteiger partial charge in [0.2, 0.25) is 11.8 Å². The molecule has 4 heterocycles. The number of rotatable bonds is 17. The second-order valence-corrected chi connectivity index (χ2v) is 19.0. The lowest BCUT2D eigenvalue weighted by atomic mass is 9.88. The normalized spacial score (nSPS) is 17.6. The van der Waals surface area contributed by atoms with Crippen LogP contribution in [0.1, 0.15) is 72.9 Å². The number of piperazine rings is 1. The summed E-state index contributed by atoms with van der Waals surface area (Å²) < 4.78 is 27.8. The quantitative estimate of drug-likeness (QED) is 0.111. The molecule has 0 bridgehead atoms. The fraction of sp³-hybridized carbons (Fsp3) is 0.468. The van der Waals surface area contributed by atoms with Gasteiger partial charge in [-0.05, 0) is 99.5 Å². The minimum Gasteiger partial charge on any atom is -0.388 e. The fourth-order valence-electron chi connectivity index (χ4n) is 8.90. The van der Waals surface area contributed by atoms with Crippen molar-refractivity contribution in [2.45, 2.75) is 76.4 Å². The highest BCUT2D eigenvalue weighted by atomic mass is 32.2. The van der Waals surface area contributed by atoms with E-state index in [-0.39, 0.29) is 35.6 Å². The number of aryl methyl sites for hydroxylation is 1. The summed E-state index contributed by atoms with van der Waals surface area (Å²) in [5.74, 6) is -0.397. The fourth-order valence-corrected chi connectivity index (χ4v) is 9.92.